The summed E-state index contributed by atoms with van der Waals surface area (Å²) >= 11 is -0.826. The van der Waals surface area contributed by atoms with Crippen LogP contribution in [0.3, 0.4) is 0 Å². The van der Waals surface area contributed by atoms with E-state index in [4.69, 9.17) is 22.0 Å². The molecule has 0 atom stereocenters. The average Bonchev–Trinajstić information content (AvgIpc) is 2.86. The van der Waals surface area contributed by atoms with Gasteiger partial charge in [0.1, 0.15) is 5.75 Å². The molecule has 0 saturated heterocycles. The molecule has 5 heteroatoms. The van der Waals surface area contributed by atoms with Gasteiger partial charge in [-0.2, -0.15) is 0 Å². The number of benzene rings is 3. The first kappa shape index (κ1) is 26.2. The van der Waals surface area contributed by atoms with Crippen molar-refractivity contribution >= 4 is 23.2 Å². The fourth-order valence-corrected chi connectivity index (χ4v) is 4.71. The number of aryl methyl sites for hydroxylation is 1. The predicted molar refractivity (Wildman–Crippen MR) is 137 cm³/mol. The van der Waals surface area contributed by atoms with Gasteiger partial charge in [0, 0.05) is 28.8 Å². The Hall–Kier alpha value is -1.41. The Morgan fingerprint density at radius 1 is 0.879 bits per heavy atom. The van der Waals surface area contributed by atoms with E-state index >= 15 is 0 Å². The molecule has 1 aliphatic rings. The second-order valence-electron chi connectivity index (χ2n) is 8.69. The molecule has 0 heterocycles. The van der Waals surface area contributed by atoms with E-state index in [9.17, 15) is 5.11 Å². The molecule has 0 aromatic heterocycles. The van der Waals surface area contributed by atoms with E-state index in [0.717, 1.165) is 40.7 Å². The van der Waals surface area contributed by atoms with Gasteiger partial charge < -0.3 is 5.11 Å². The first-order valence-electron chi connectivity index (χ1n) is 11.5. The van der Waals surface area contributed by atoms with Crippen LogP contribution in [0.1, 0.15) is 66.8 Å². The van der Waals surface area contributed by atoms with Gasteiger partial charge in [-0.1, -0.05) is 92.1 Å². The molecule has 0 spiro atoms. The molecule has 1 fully saturated rings. The zero-order chi connectivity index (χ0) is 23.7. The van der Waals surface area contributed by atoms with Gasteiger partial charge in [0.25, 0.3) is 0 Å². The number of aromatic hydroxyl groups is 1. The summed E-state index contributed by atoms with van der Waals surface area (Å²) in [5.41, 5.74) is 4.66. The number of nitrogens with zero attached hydrogens (tertiary/aromatic N) is 1. The van der Waals surface area contributed by atoms with Gasteiger partial charge in [0.15, 0.2) is 0 Å². The third kappa shape index (κ3) is 6.38. The molecule has 172 valence electrons. The Labute approximate surface area is 216 Å². The molecule has 4 rings (SSSR count). The van der Waals surface area contributed by atoms with Crippen LogP contribution < -0.4 is 0 Å². The molecule has 1 saturated carbocycles. The zero-order valence-corrected chi connectivity index (χ0v) is 23.2. The fourth-order valence-electron chi connectivity index (χ4n) is 4.71. The van der Waals surface area contributed by atoms with Crippen LogP contribution in [-0.2, 0) is 26.3 Å². The molecule has 0 bridgehead atoms. The molecule has 2 nitrogen and oxygen atoms in total. The Kier molecular flexibility index (Phi) is 10.2. The average molecular weight is 560 g/mol. The number of phenols is 1. The van der Waals surface area contributed by atoms with Crippen molar-refractivity contribution in [3.63, 3.8) is 0 Å². The van der Waals surface area contributed by atoms with Crippen molar-refractivity contribution < 1.29 is 26.0 Å². The van der Waals surface area contributed by atoms with E-state index < -0.39 is 26.3 Å². The van der Waals surface area contributed by atoms with Crippen molar-refractivity contribution in [3.05, 3.63) is 101 Å². The minimum atomic E-state index is -0.826. The maximum absolute atomic E-state index is 11.5. The summed E-state index contributed by atoms with van der Waals surface area (Å²) in [7, 11) is 9.87. The van der Waals surface area contributed by atoms with Crippen LogP contribution in [0.25, 0.3) is 0 Å². The van der Waals surface area contributed by atoms with E-state index in [-0.39, 0.29) is 0 Å². The summed E-state index contributed by atoms with van der Waals surface area (Å²) in [6, 6.07) is 25.5. The van der Waals surface area contributed by atoms with E-state index in [1.807, 2.05) is 25.3 Å². The van der Waals surface area contributed by atoms with Gasteiger partial charge in [-0.3, -0.25) is 4.99 Å². The van der Waals surface area contributed by atoms with Crippen LogP contribution in [0.5, 0.6) is 5.75 Å². The molecule has 0 amide bonds. The number of aliphatic imine (C=N–C) groups is 1. The monoisotopic (exact) mass is 557 g/mol. The van der Waals surface area contributed by atoms with Gasteiger partial charge in [-0.25, -0.2) is 0 Å². The SMILES string of the molecule is Cc1ccc(C(C)(c2ccccc2)c2ccccc2)c(O)c1C=NC1CCCCC1.[Cl][Zr][Cl]. The van der Waals surface area contributed by atoms with Gasteiger partial charge in [-0.05, 0) is 43.4 Å². The van der Waals surface area contributed by atoms with Crippen LogP contribution in [0.15, 0.2) is 77.8 Å². The number of phenolic OH excluding ortho intramolecular Hbond substituents is 1. The van der Waals surface area contributed by atoms with Gasteiger partial charge in [-0.15, -0.1) is 0 Å². The van der Waals surface area contributed by atoms with E-state index in [1.165, 1.54) is 19.3 Å². The molecule has 33 heavy (non-hydrogen) atoms. The van der Waals surface area contributed by atoms with E-state index in [1.54, 1.807) is 0 Å². The maximum atomic E-state index is 11.5. The van der Waals surface area contributed by atoms with Crippen molar-refractivity contribution in [3.8, 4) is 5.75 Å². The topological polar surface area (TPSA) is 32.6 Å². The second kappa shape index (κ2) is 12.9. The predicted octanol–water partition coefficient (Wildman–Crippen LogP) is 8.18. The van der Waals surface area contributed by atoms with Gasteiger partial charge in [0.05, 0.1) is 0 Å². The molecule has 3 aromatic rings. The van der Waals surface area contributed by atoms with Crippen molar-refractivity contribution in [1.82, 2.24) is 0 Å². The molecule has 0 aliphatic heterocycles. The number of hydrogen-bond donors (Lipinski definition) is 1. The molecular weight excluding hydrogens is 528 g/mol. The first-order valence-corrected chi connectivity index (χ1v) is 17.8. The van der Waals surface area contributed by atoms with Crippen LogP contribution in [-0.4, -0.2) is 17.4 Å². The van der Waals surface area contributed by atoms with Crippen LogP contribution in [0, 0.1) is 6.92 Å². The van der Waals surface area contributed by atoms with Crippen molar-refractivity contribution in [2.45, 2.75) is 57.4 Å². The van der Waals surface area contributed by atoms with E-state index in [0.29, 0.717) is 11.8 Å². The van der Waals surface area contributed by atoms with Crippen LogP contribution >= 0.6 is 17.0 Å². The molecule has 0 radical (unpaired) electrons. The molecular formula is C28H31Cl2NOZr. The Bertz CT molecular complexity index is 995. The number of rotatable bonds is 5. The number of halogens is 2. The molecule has 3 aromatic carbocycles. The molecule has 0 unspecified atom stereocenters. The summed E-state index contributed by atoms with van der Waals surface area (Å²) in [4.78, 5) is 4.86. The summed E-state index contributed by atoms with van der Waals surface area (Å²) in [5, 5.41) is 11.5. The molecule has 1 N–H and O–H groups in total. The zero-order valence-electron chi connectivity index (χ0n) is 19.3. The third-order valence-corrected chi connectivity index (χ3v) is 6.67. The quantitative estimate of drug-likeness (QED) is 0.248. The second-order valence-corrected chi connectivity index (χ2v) is 12.4. The van der Waals surface area contributed by atoms with Gasteiger partial charge in [0.2, 0.25) is 0 Å². The molecule has 1 aliphatic carbocycles. The normalized spacial score (nSPS) is 14.5. The van der Waals surface area contributed by atoms with Crippen molar-refractivity contribution in [1.29, 1.82) is 0 Å². The van der Waals surface area contributed by atoms with Crippen LogP contribution in [0.2, 0.25) is 0 Å². The summed E-state index contributed by atoms with van der Waals surface area (Å²) < 4.78 is 0. The third-order valence-electron chi connectivity index (χ3n) is 6.67. The fraction of sp³-hybridized carbons (Fsp3) is 0.321. The Morgan fingerprint density at radius 2 is 1.39 bits per heavy atom. The summed E-state index contributed by atoms with van der Waals surface area (Å²) in [6.07, 6.45) is 8.06. The Balaban J connectivity index is 0.000000968. The van der Waals surface area contributed by atoms with Crippen molar-refractivity contribution in [2.75, 3.05) is 0 Å². The summed E-state index contributed by atoms with van der Waals surface area (Å²) in [5.74, 6) is 0.338. The number of hydrogen-bond acceptors (Lipinski definition) is 2. The summed E-state index contributed by atoms with van der Waals surface area (Å²) in [6.45, 7) is 4.25. The minimum absolute atomic E-state index is 0.338. The Morgan fingerprint density at radius 3 is 1.91 bits per heavy atom. The van der Waals surface area contributed by atoms with Crippen molar-refractivity contribution in [2.24, 2.45) is 4.99 Å². The van der Waals surface area contributed by atoms with Crippen LogP contribution in [0.4, 0.5) is 0 Å². The standard InChI is InChI=1S/C28H31NO.2ClH.Zr/c1-21-18-19-26(27(30)25(21)20-29-24-16-10-5-11-17-24)28(2,22-12-6-3-7-13-22)23-14-8-4-9-15-23;;;/h3-4,6-9,12-15,18-20,24,30H,5,10-11,16-17H2,1-2H3;2*1H;/q;;;+2/p-2. The van der Waals surface area contributed by atoms with E-state index in [2.05, 4.69) is 67.6 Å². The van der Waals surface area contributed by atoms with Gasteiger partial charge >= 0.3 is 37.9 Å². The first-order chi connectivity index (χ1) is 16.0.